The second kappa shape index (κ2) is 5.41. The molecule has 2 heterocycles. The molecule has 1 aliphatic heterocycles. The zero-order valence-electron chi connectivity index (χ0n) is 11.7. The van der Waals surface area contributed by atoms with E-state index in [2.05, 4.69) is 41.9 Å². The van der Waals surface area contributed by atoms with E-state index < -0.39 is 0 Å². The van der Waals surface area contributed by atoms with Crippen LogP contribution in [-0.2, 0) is 6.42 Å². The molecule has 1 atom stereocenters. The second-order valence-electron chi connectivity index (χ2n) is 6.48. The fraction of sp³-hybridized carbons (Fsp3) is 0.786. The first-order valence-corrected chi connectivity index (χ1v) is 6.89. The monoisotopic (exact) mass is 251 g/mol. The van der Waals surface area contributed by atoms with Crippen LogP contribution in [0.4, 0.5) is 0 Å². The van der Waals surface area contributed by atoms with Crippen molar-refractivity contribution in [3.8, 4) is 0 Å². The fourth-order valence-electron chi connectivity index (χ4n) is 2.76. The summed E-state index contributed by atoms with van der Waals surface area (Å²) in [6.07, 6.45) is 3.11. The highest BCUT2D eigenvalue weighted by Crippen LogP contribution is 2.33. The predicted molar refractivity (Wildman–Crippen MR) is 72.4 cm³/mol. The first-order valence-electron chi connectivity index (χ1n) is 6.89. The average Bonchev–Trinajstić information content (AvgIpc) is 2.85. The van der Waals surface area contributed by atoms with Crippen LogP contribution in [0, 0.1) is 5.41 Å². The zero-order chi connectivity index (χ0) is 13.2. The molecule has 0 unspecified atom stereocenters. The Balaban J connectivity index is 2.05. The van der Waals surface area contributed by atoms with Crippen LogP contribution < -0.4 is 0 Å². The number of hydrogen-bond donors (Lipinski definition) is 2. The quantitative estimate of drug-likeness (QED) is 0.862. The minimum absolute atomic E-state index is 0.179. The number of aromatic nitrogens is 2. The van der Waals surface area contributed by atoms with Gasteiger partial charge < -0.3 is 5.11 Å². The van der Waals surface area contributed by atoms with Crippen molar-refractivity contribution in [2.75, 3.05) is 19.7 Å². The number of H-pyrrole nitrogens is 1. The summed E-state index contributed by atoms with van der Waals surface area (Å²) in [5.41, 5.74) is 2.50. The minimum atomic E-state index is 0.179. The summed E-state index contributed by atoms with van der Waals surface area (Å²) in [7, 11) is 0. The third-order valence-corrected chi connectivity index (χ3v) is 3.41. The van der Waals surface area contributed by atoms with Crippen LogP contribution >= 0.6 is 0 Å². The van der Waals surface area contributed by atoms with Gasteiger partial charge in [-0.2, -0.15) is 5.10 Å². The normalized spacial score (nSPS) is 21.7. The highest BCUT2D eigenvalue weighted by Gasteiger charge is 2.30. The third kappa shape index (κ3) is 3.33. The Bertz CT molecular complexity index is 381. The van der Waals surface area contributed by atoms with Crippen LogP contribution in [0.3, 0.4) is 0 Å². The van der Waals surface area contributed by atoms with Crippen molar-refractivity contribution in [3.05, 3.63) is 17.5 Å². The van der Waals surface area contributed by atoms with E-state index in [9.17, 15) is 0 Å². The van der Waals surface area contributed by atoms with Crippen LogP contribution in [0.15, 0.2) is 6.07 Å². The van der Waals surface area contributed by atoms with E-state index in [4.69, 9.17) is 5.11 Å². The summed E-state index contributed by atoms with van der Waals surface area (Å²) in [5.74, 6) is 0. The lowest BCUT2D eigenvalue weighted by molar-refractivity contribution is 0.176. The largest absolute Gasteiger partial charge is 0.396 e. The van der Waals surface area contributed by atoms with Crippen molar-refractivity contribution in [1.82, 2.24) is 15.1 Å². The van der Waals surface area contributed by atoms with Crippen molar-refractivity contribution >= 4 is 0 Å². The molecule has 1 fully saturated rings. The molecule has 1 aromatic heterocycles. The lowest BCUT2D eigenvalue weighted by Gasteiger charge is -2.30. The summed E-state index contributed by atoms with van der Waals surface area (Å²) in [6, 6.07) is 2.56. The molecule has 0 aliphatic carbocycles. The van der Waals surface area contributed by atoms with Crippen LogP contribution in [0.2, 0.25) is 0 Å². The molecule has 102 valence electrons. The number of aliphatic hydroxyl groups is 1. The molecule has 2 N–H and O–H groups in total. The molecule has 0 amide bonds. The molecule has 0 radical (unpaired) electrons. The van der Waals surface area contributed by atoms with Gasteiger partial charge in [0, 0.05) is 25.3 Å². The molecular formula is C14H25N3O. The molecular weight excluding hydrogens is 226 g/mol. The van der Waals surface area contributed by atoms with Gasteiger partial charge in [-0.05, 0) is 30.9 Å². The van der Waals surface area contributed by atoms with Crippen LogP contribution in [0.5, 0.6) is 0 Å². The Morgan fingerprint density at radius 3 is 2.94 bits per heavy atom. The third-order valence-electron chi connectivity index (χ3n) is 3.41. The van der Waals surface area contributed by atoms with Gasteiger partial charge in [0.15, 0.2) is 0 Å². The molecule has 0 spiro atoms. The van der Waals surface area contributed by atoms with Gasteiger partial charge in [-0.25, -0.2) is 0 Å². The summed E-state index contributed by atoms with van der Waals surface area (Å²) < 4.78 is 0. The van der Waals surface area contributed by atoms with Gasteiger partial charge in [-0.15, -0.1) is 0 Å². The topological polar surface area (TPSA) is 52.1 Å². The maximum Gasteiger partial charge on any atom is 0.0796 e. The van der Waals surface area contributed by atoms with E-state index in [0.29, 0.717) is 17.9 Å². The maximum absolute atomic E-state index is 8.94. The van der Waals surface area contributed by atoms with Crippen LogP contribution in [0.25, 0.3) is 0 Å². The number of rotatable bonds is 4. The first-order chi connectivity index (χ1) is 8.49. The molecule has 0 saturated carbocycles. The van der Waals surface area contributed by atoms with E-state index in [0.717, 1.165) is 17.9 Å². The van der Waals surface area contributed by atoms with Gasteiger partial charge in [0.25, 0.3) is 0 Å². The smallest absolute Gasteiger partial charge is 0.0796 e. The Labute approximate surface area is 109 Å². The molecule has 2 rings (SSSR count). The van der Waals surface area contributed by atoms with Gasteiger partial charge in [0.1, 0.15) is 0 Å². The Morgan fingerprint density at radius 2 is 2.28 bits per heavy atom. The van der Waals surface area contributed by atoms with Gasteiger partial charge in [0.2, 0.25) is 0 Å². The number of nitrogens with one attached hydrogen (secondary N) is 1. The molecule has 4 heteroatoms. The second-order valence-corrected chi connectivity index (χ2v) is 6.48. The number of aromatic amines is 1. The van der Waals surface area contributed by atoms with E-state index in [1.165, 1.54) is 19.4 Å². The minimum Gasteiger partial charge on any atom is -0.396 e. The van der Waals surface area contributed by atoms with Crippen molar-refractivity contribution in [3.63, 3.8) is 0 Å². The van der Waals surface area contributed by atoms with Crippen molar-refractivity contribution in [2.24, 2.45) is 5.41 Å². The van der Waals surface area contributed by atoms with E-state index in [1.807, 2.05) is 0 Å². The summed E-state index contributed by atoms with van der Waals surface area (Å²) in [6.45, 7) is 9.31. The van der Waals surface area contributed by atoms with Gasteiger partial charge in [0.05, 0.1) is 11.7 Å². The number of likely N-dealkylation sites (tertiary alicyclic amines) is 1. The first kappa shape index (κ1) is 13.6. The number of hydrogen-bond acceptors (Lipinski definition) is 3. The highest BCUT2D eigenvalue weighted by atomic mass is 16.3. The Morgan fingerprint density at radius 1 is 1.50 bits per heavy atom. The maximum atomic E-state index is 8.94. The summed E-state index contributed by atoms with van der Waals surface area (Å²) >= 11 is 0. The average molecular weight is 251 g/mol. The van der Waals surface area contributed by atoms with Crippen LogP contribution in [0.1, 0.15) is 51.0 Å². The Kier molecular flexibility index (Phi) is 4.07. The molecule has 0 aromatic carbocycles. The van der Waals surface area contributed by atoms with Crippen LogP contribution in [-0.4, -0.2) is 39.9 Å². The van der Waals surface area contributed by atoms with E-state index >= 15 is 0 Å². The lowest BCUT2D eigenvalue weighted by atomic mass is 9.95. The van der Waals surface area contributed by atoms with E-state index in [-0.39, 0.29) is 6.61 Å². The highest BCUT2D eigenvalue weighted by molar-refractivity contribution is 5.14. The van der Waals surface area contributed by atoms with Gasteiger partial charge >= 0.3 is 0 Å². The number of nitrogens with zero attached hydrogens (tertiary/aromatic N) is 2. The summed E-state index contributed by atoms with van der Waals surface area (Å²) in [4.78, 5) is 2.54. The van der Waals surface area contributed by atoms with E-state index in [1.54, 1.807) is 0 Å². The lowest BCUT2D eigenvalue weighted by Crippen LogP contribution is -2.32. The predicted octanol–water partition coefficient (Wildman–Crippen LogP) is 2.13. The molecule has 0 bridgehead atoms. The molecule has 18 heavy (non-hydrogen) atoms. The molecule has 1 saturated heterocycles. The SMILES string of the molecule is CC(C)(C)CN1CCC[C@H]1c1cc(CCO)[nH]n1. The molecule has 1 aliphatic rings. The zero-order valence-corrected chi connectivity index (χ0v) is 11.7. The molecule has 4 nitrogen and oxygen atoms in total. The van der Waals surface area contributed by atoms with Crippen molar-refractivity contribution < 1.29 is 5.11 Å². The molecule has 1 aromatic rings. The summed E-state index contributed by atoms with van der Waals surface area (Å²) in [5, 5.41) is 16.4. The van der Waals surface area contributed by atoms with Gasteiger partial charge in [-0.3, -0.25) is 10.00 Å². The van der Waals surface area contributed by atoms with Crippen molar-refractivity contribution in [2.45, 2.75) is 46.1 Å². The fourth-order valence-corrected chi connectivity index (χ4v) is 2.76. The Hall–Kier alpha value is -0.870. The van der Waals surface area contributed by atoms with Gasteiger partial charge in [-0.1, -0.05) is 20.8 Å². The number of aliphatic hydroxyl groups excluding tert-OH is 1. The van der Waals surface area contributed by atoms with Crippen molar-refractivity contribution in [1.29, 1.82) is 0 Å². The standard InChI is InChI=1S/C14H25N3O/c1-14(2,3)10-17-7-4-5-13(17)12-9-11(6-8-18)15-16-12/h9,13,18H,4-8,10H2,1-3H3,(H,15,16)/t13-/m0/s1.